The first-order valence-corrected chi connectivity index (χ1v) is 6.03. The van der Waals surface area contributed by atoms with Crippen LogP contribution in [0.15, 0.2) is 12.1 Å². The van der Waals surface area contributed by atoms with Gasteiger partial charge in [0.25, 0.3) is 0 Å². The number of ether oxygens (including phenoxy) is 1. The predicted octanol–water partition coefficient (Wildman–Crippen LogP) is 0.300. The Morgan fingerprint density at radius 2 is 2.21 bits per heavy atom. The Balaban J connectivity index is 2.38. The summed E-state index contributed by atoms with van der Waals surface area (Å²) in [6, 6.07) is 3.55. The fraction of sp³-hybridized carbons (Fsp3) is 0.385. The molecule has 19 heavy (non-hydrogen) atoms. The maximum absolute atomic E-state index is 11.7. The topological polar surface area (TPSA) is 84.7 Å². The molecule has 6 nitrogen and oxygen atoms in total. The van der Waals surface area contributed by atoms with E-state index in [-0.39, 0.29) is 12.5 Å². The molecule has 1 heterocycles. The van der Waals surface area contributed by atoms with Crippen LogP contribution in [0.2, 0.25) is 0 Å². The lowest BCUT2D eigenvalue weighted by Crippen LogP contribution is -2.47. The molecule has 0 atom stereocenters. The summed E-state index contributed by atoms with van der Waals surface area (Å²) in [7, 11) is 1.32. The second-order valence-electron chi connectivity index (χ2n) is 4.49. The first-order valence-electron chi connectivity index (χ1n) is 6.03. The van der Waals surface area contributed by atoms with E-state index in [1.54, 1.807) is 6.07 Å². The summed E-state index contributed by atoms with van der Waals surface area (Å²) in [6.07, 6.45) is 0. The number of hydrogen-bond donors (Lipinski definition) is 2. The number of rotatable bonds is 2. The highest BCUT2D eigenvalue weighted by atomic mass is 16.5. The highest BCUT2D eigenvalue weighted by Crippen LogP contribution is 2.26. The molecule has 0 bridgehead atoms. The molecule has 2 rings (SSSR count). The first-order chi connectivity index (χ1) is 9.02. The van der Waals surface area contributed by atoms with Crippen LogP contribution in [0.3, 0.4) is 0 Å². The van der Waals surface area contributed by atoms with Crippen molar-refractivity contribution >= 4 is 23.3 Å². The zero-order valence-electron chi connectivity index (χ0n) is 11.0. The molecular formula is C13H17N3O3. The van der Waals surface area contributed by atoms with Gasteiger partial charge < -0.3 is 20.7 Å². The zero-order chi connectivity index (χ0) is 14.0. The lowest BCUT2D eigenvalue weighted by atomic mass is 10.1. The lowest BCUT2D eigenvalue weighted by Gasteiger charge is -2.29. The average molecular weight is 263 g/mol. The van der Waals surface area contributed by atoms with Crippen molar-refractivity contribution in [3.05, 3.63) is 23.3 Å². The molecule has 1 aromatic carbocycles. The summed E-state index contributed by atoms with van der Waals surface area (Å²) in [6.45, 7) is 3.41. The minimum atomic E-state index is -0.469. The minimum absolute atomic E-state index is 0.0275. The number of aryl methyl sites for hydroxylation is 1. The molecule has 0 radical (unpaired) electrons. The summed E-state index contributed by atoms with van der Waals surface area (Å²) >= 11 is 0. The zero-order valence-corrected chi connectivity index (χ0v) is 11.0. The molecule has 1 aliphatic rings. The Kier molecular flexibility index (Phi) is 3.59. The monoisotopic (exact) mass is 263 g/mol. The summed E-state index contributed by atoms with van der Waals surface area (Å²) in [5.41, 5.74) is 8.24. The molecule has 6 heteroatoms. The van der Waals surface area contributed by atoms with Gasteiger partial charge in [0.2, 0.25) is 5.91 Å². The van der Waals surface area contributed by atoms with Crippen LogP contribution in [0.5, 0.6) is 0 Å². The number of benzene rings is 1. The van der Waals surface area contributed by atoms with E-state index in [9.17, 15) is 9.59 Å². The van der Waals surface area contributed by atoms with Crippen molar-refractivity contribution in [1.82, 2.24) is 5.32 Å². The molecule has 0 saturated carbocycles. The summed E-state index contributed by atoms with van der Waals surface area (Å²) in [5, 5.41) is 2.76. The van der Waals surface area contributed by atoms with Crippen molar-refractivity contribution < 1.29 is 14.3 Å². The predicted molar refractivity (Wildman–Crippen MR) is 72.2 cm³/mol. The second kappa shape index (κ2) is 5.17. The third kappa shape index (κ3) is 2.62. The smallest absolute Gasteiger partial charge is 0.340 e. The average Bonchev–Trinajstić information content (AvgIpc) is 2.40. The van der Waals surface area contributed by atoms with Crippen LogP contribution in [0.1, 0.15) is 15.9 Å². The Hall–Kier alpha value is -2.24. The van der Waals surface area contributed by atoms with E-state index < -0.39 is 5.97 Å². The number of anilines is 2. The molecule has 1 aromatic rings. The Labute approximate surface area is 111 Å². The van der Waals surface area contributed by atoms with Crippen LogP contribution in [0.4, 0.5) is 11.4 Å². The largest absolute Gasteiger partial charge is 0.465 e. The van der Waals surface area contributed by atoms with E-state index >= 15 is 0 Å². The number of amides is 1. The number of piperazine rings is 1. The summed E-state index contributed by atoms with van der Waals surface area (Å²) in [4.78, 5) is 25.0. The van der Waals surface area contributed by atoms with E-state index in [2.05, 4.69) is 5.32 Å². The second-order valence-corrected chi connectivity index (χ2v) is 4.49. The van der Waals surface area contributed by atoms with Gasteiger partial charge in [-0.15, -0.1) is 0 Å². The van der Waals surface area contributed by atoms with Gasteiger partial charge in [0.05, 0.1) is 19.2 Å². The van der Waals surface area contributed by atoms with E-state index in [1.807, 2.05) is 17.9 Å². The maximum Gasteiger partial charge on any atom is 0.340 e. The van der Waals surface area contributed by atoms with Crippen molar-refractivity contribution in [2.75, 3.05) is 37.4 Å². The van der Waals surface area contributed by atoms with Gasteiger partial charge in [-0.1, -0.05) is 0 Å². The van der Waals surface area contributed by atoms with Crippen molar-refractivity contribution in [2.24, 2.45) is 0 Å². The standard InChI is InChI=1S/C13H17N3O3/c1-8-5-9(16-4-3-15-11(17)7-16)6-10(12(8)14)13(18)19-2/h5-6H,3-4,7,14H2,1-2H3,(H,15,17). The molecule has 0 aliphatic carbocycles. The number of carbonyl (C=O) groups is 2. The Bertz CT molecular complexity index is 528. The number of nitrogens with two attached hydrogens (primary N) is 1. The summed E-state index contributed by atoms with van der Waals surface area (Å²) < 4.78 is 4.72. The quantitative estimate of drug-likeness (QED) is 0.592. The Morgan fingerprint density at radius 3 is 2.84 bits per heavy atom. The van der Waals surface area contributed by atoms with E-state index in [0.29, 0.717) is 24.3 Å². The van der Waals surface area contributed by atoms with Crippen molar-refractivity contribution in [3.8, 4) is 0 Å². The van der Waals surface area contributed by atoms with Crippen LogP contribution in [0.25, 0.3) is 0 Å². The maximum atomic E-state index is 11.7. The van der Waals surface area contributed by atoms with Gasteiger partial charge in [-0.2, -0.15) is 0 Å². The fourth-order valence-electron chi connectivity index (χ4n) is 2.10. The number of methoxy groups -OCH3 is 1. The van der Waals surface area contributed by atoms with Gasteiger partial charge in [0.15, 0.2) is 0 Å². The van der Waals surface area contributed by atoms with Crippen LogP contribution < -0.4 is 16.0 Å². The van der Waals surface area contributed by atoms with Gasteiger partial charge in [0.1, 0.15) is 0 Å². The van der Waals surface area contributed by atoms with E-state index in [1.165, 1.54) is 7.11 Å². The van der Waals surface area contributed by atoms with Gasteiger partial charge in [0, 0.05) is 24.5 Å². The van der Waals surface area contributed by atoms with Crippen molar-refractivity contribution in [1.29, 1.82) is 0 Å². The molecule has 102 valence electrons. The fourth-order valence-corrected chi connectivity index (χ4v) is 2.10. The molecule has 1 aliphatic heterocycles. The SMILES string of the molecule is COC(=O)c1cc(N2CCNC(=O)C2)cc(C)c1N. The number of carbonyl (C=O) groups excluding carboxylic acids is 2. The van der Waals surface area contributed by atoms with Crippen LogP contribution in [0, 0.1) is 6.92 Å². The van der Waals surface area contributed by atoms with Crippen LogP contribution >= 0.6 is 0 Å². The van der Waals surface area contributed by atoms with E-state index in [4.69, 9.17) is 10.5 Å². The highest BCUT2D eigenvalue weighted by Gasteiger charge is 2.20. The normalized spacial score (nSPS) is 15.1. The molecule has 0 aromatic heterocycles. The molecule has 1 amide bonds. The number of esters is 1. The van der Waals surface area contributed by atoms with Crippen LogP contribution in [-0.4, -0.2) is 38.6 Å². The molecule has 3 N–H and O–H groups in total. The third-order valence-corrected chi connectivity index (χ3v) is 3.18. The summed E-state index contributed by atoms with van der Waals surface area (Å²) in [5.74, 6) is -0.496. The van der Waals surface area contributed by atoms with Gasteiger partial charge in [-0.3, -0.25) is 4.79 Å². The van der Waals surface area contributed by atoms with Crippen molar-refractivity contribution in [2.45, 2.75) is 6.92 Å². The molecule has 0 unspecified atom stereocenters. The van der Waals surface area contributed by atoms with Crippen LogP contribution in [-0.2, 0) is 9.53 Å². The van der Waals surface area contributed by atoms with Crippen molar-refractivity contribution in [3.63, 3.8) is 0 Å². The van der Waals surface area contributed by atoms with Gasteiger partial charge in [-0.05, 0) is 24.6 Å². The number of nitrogen functional groups attached to an aromatic ring is 1. The van der Waals surface area contributed by atoms with Gasteiger partial charge >= 0.3 is 5.97 Å². The molecule has 0 spiro atoms. The highest BCUT2D eigenvalue weighted by molar-refractivity contribution is 5.97. The third-order valence-electron chi connectivity index (χ3n) is 3.18. The minimum Gasteiger partial charge on any atom is -0.465 e. The molecule has 1 fully saturated rings. The molecular weight excluding hydrogens is 246 g/mol. The Morgan fingerprint density at radius 1 is 1.47 bits per heavy atom. The number of nitrogens with one attached hydrogen (secondary N) is 1. The number of hydrogen-bond acceptors (Lipinski definition) is 5. The molecule has 1 saturated heterocycles. The first kappa shape index (κ1) is 13.2. The lowest BCUT2D eigenvalue weighted by molar-refractivity contribution is -0.120. The van der Waals surface area contributed by atoms with Gasteiger partial charge in [-0.25, -0.2) is 4.79 Å². The number of nitrogens with zero attached hydrogens (tertiary/aromatic N) is 1. The van der Waals surface area contributed by atoms with E-state index in [0.717, 1.165) is 11.3 Å².